The molecule has 33 heavy (non-hydrogen) atoms. The number of benzene rings is 1. The molecule has 14 heteroatoms. The van der Waals surface area contributed by atoms with E-state index in [1.807, 2.05) is 4.57 Å². The first-order valence-electron chi connectivity index (χ1n) is 9.71. The number of rotatable bonds is 3. The highest BCUT2D eigenvalue weighted by Gasteiger charge is 2.48. The maximum atomic E-state index is 12.8. The Morgan fingerprint density at radius 3 is 2.27 bits per heavy atom. The zero-order valence-electron chi connectivity index (χ0n) is 17.1. The summed E-state index contributed by atoms with van der Waals surface area (Å²) < 4.78 is 66.7. The highest BCUT2D eigenvalue weighted by Crippen LogP contribution is 2.41. The van der Waals surface area contributed by atoms with Gasteiger partial charge in [0, 0.05) is 25.5 Å². The number of carbonyl (C=O) groups is 2. The third-order valence-electron chi connectivity index (χ3n) is 5.32. The number of hydrogen-bond acceptors (Lipinski definition) is 6. The standard InChI is InChI=1S/C17H20N4O4S.C2HF3O2/c18-15(22)14-12-20-11-8-19-16(20)17(25-14)6-9-21(10-7-17)26(23,24)13-4-2-1-3-5-13;3-2(4,5)1(6)7/h1-5,8,11,14H,6-7,9-10,12H2,(H2,18,22);(H,6,7). The lowest BCUT2D eigenvalue weighted by molar-refractivity contribution is -0.192. The Morgan fingerprint density at radius 1 is 1.18 bits per heavy atom. The van der Waals surface area contributed by atoms with E-state index in [1.54, 1.807) is 42.7 Å². The summed E-state index contributed by atoms with van der Waals surface area (Å²) in [6, 6.07) is 8.37. The summed E-state index contributed by atoms with van der Waals surface area (Å²) in [5.41, 5.74) is 4.66. The van der Waals surface area contributed by atoms with Crippen LogP contribution in [0.5, 0.6) is 0 Å². The van der Waals surface area contributed by atoms with Crippen LogP contribution in [-0.2, 0) is 36.5 Å². The van der Waals surface area contributed by atoms with Crippen LogP contribution in [0.2, 0.25) is 0 Å². The molecular weight excluding hydrogens is 469 g/mol. The number of nitrogens with two attached hydrogens (primary N) is 1. The molecule has 0 saturated carbocycles. The van der Waals surface area contributed by atoms with Crippen LogP contribution >= 0.6 is 0 Å². The summed E-state index contributed by atoms with van der Waals surface area (Å²) in [5, 5.41) is 7.12. The Morgan fingerprint density at radius 2 is 1.76 bits per heavy atom. The molecule has 1 fully saturated rings. The summed E-state index contributed by atoms with van der Waals surface area (Å²) in [5.74, 6) is -2.55. The average Bonchev–Trinajstić information content (AvgIpc) is 3.24. The van der Waals surface area contributed by atoms with Gasteiger partial charge in [-0.1, -0.05) is 18.2 Å². The number of carbonyl (C=O) groups excluding carboxylic acids is 1. The molecule has 2 aliphatic heterocycles. The van der Waals surface area contributed by atoms with Crippen LogP contribution in [0.15, 0.2) is 47.6 Å². The predicted molar refractivity (Wildman–Crippen MR) is 106 cm³/mol. The number of carboxylic acid groups (broad SMARTS) is 1. The quantitative estimate of drug-likeness (QED) is 0.655. The highest BCUT2D eigenvalue weighted by atomic mass is 32.2. The van der Waals surface area contributed by atoms with E-state index in [4.69, 9.17) is 20.4 Å². The van der Waals surface area contributed by atoms with Gasteiger partial charge in [-0.05, 0) is 25.0 Å². The SMILES string of the molecule is NC(=O)C1Cn2ccnc2C2(CCN(S(=O)(=O)c3ccccc3)CC2)O1.O=C(O)C(F)(F)F. The van der Waals surface area contributed by atoms with E-state index in [2.05, 4.69) is 4.98 Å². The summed E-state index contributed by atoms with van der Waals surface area (Å²) in [6.45, 7) is 0.906. The molecule has 3 heterocycles. The number of hydrogen-bond donors (Lipinski definition) is 2. The van der Waals surface area contributed by atoms with Gasteiger partial charge in [0.25, 0.3) is 0 Å². The molecule has 3 N–H and O–H groups in total. The Labute approximate surface area is 186 Å². The topological polar surface area (TPSA) is 145 Å². The van der Waals surface area contributed by atoms with Crippen LogP contribution in [0.25, 0.3) is 0 Å². The van der Waals surface area contributed by atoms with Crippen LogP contribution < -0.4 is 5.73 Å². The minimum absolute atomic E-state index is 0.275. The molecule has 4 rings (SSSR count). The molecule has 1 amide bonds. The molecule has 1 aromatic heterocycles. The largest absolute Gasteiger partial charge is 0.490 e. The number of primary amides is 1. The Kier molecular flexibility index (Phi) is 6.81. The third-order valence-corrected chi connectivity index (χ3v) is 7.24. The van der Waals surface area contributed by atoms with Crippen molar-refractivity contribution < 1.29 is 41.0 Å². The molecule has 0 bridgehead atoms. The van der Waals surface area contributed by atoms with Gasteiger partial charge in [-0.25, -0.2) is 18.2 Å². The van der Waals surface area contributed by atoms with Gasteiger partial charge in [0.2, 0.25) is 15.9 Å². The maximum absolute atomic E-state index is 12.8. The van der Waals surface area contributed by atoms with E-state index in [0.717, 1.165) is 5.82 Å². The molecule has 1 atom stereocenters. The minimum Gasteiger partial charge on any atom is -0.475 e. The number of piperidine rings is 1. The molecule has 0 aliphatic carbocycles. The first-order valence-corrected chi connectivity index (χ1v) is 11.1. The molecule has 2 aromatic rings. The fourth-order valence-corrected chi connectivity index (χ4v) is 5.18. The van der Waals surface area contributed by atoms with Crippen molar-refractivity contribution in [3.05, 3.63) is 48.5 Å². The van der Waals surface area contributed by atoms with Crippen LogP contribution in [0.3, 0.4) is 0 Å². The number of amides is 1. The Hall–Kier alpha value is -2.97. The lowest BCUT2D eigenvalue weighted by Crippen LogP contribution is -2.54. The normalized spacial score (nSPS) is 20.4. The summed E-state index contributed by atoms with van der Waals surface area (Å²) in [7, 11) is -3.55. The van der Waals surface area contributed by atoms with Crippen LogP contribution in [-0.4, -0.2) is 64.6 Å². The van der Waals surface area contributed by atoms with Crippen LogP contribution in [0, 0.1) is 0 Å². The number of halogens is 3. The second-order valence-corrected chi connectivity index (χ2v) is 9.36. The number of ether oxygens (including phenoxy) is 1. The first kappa shape index (κ1) is 24.7. The van der Waals surface area contributed by atoms with Gasteiger partial charge in [-0.2, -0.15) is 17.5 Å². The van der Waals surface area contributed by atoms with E-state index in [-0.39, 0.29) is 18.0 Å². The monoisotopic (exact) mass is 490 g/mol. The number of imidazole rings is 1. The van der Waals surface area contributed by atoms with E-state index in [9.17, 15) is 26.4 Å². The Bertz CT molecular complexity index is 1110. The van der Waals surface area contributed by atoms with Gasteiger partial charge >= 0.3 is 12.1 Å². The maximum Gasteiger partial charge on any atom is 0.490 e. The van der Waals surface area contributed by atoms with Crippen molar-refractivity contribution in [2.24, 2.45) is 5.73 Å². The molecule has 1 aromatic carbocycles. The average molecular weight is 490 g/mol. The molecule has 1 spiro atoms. The van der Waals surface area contributed by atoms with Gasteiger partial charge < -0.3 is 20.1 Å². The van der Waals surface area contributed by atoms with Crippen molar-refractivity contribution >= 4 is 21.9 Å². The first-order chi connectivity index (χ1) is 15.4. The van der Waals surface area contributed by atoms with E-state index >= 15 is 0 Å². The zero-order valence-corrected chi connectivity index (χ0v) is 17.9. The number of fused-ring (bicyclic) bond motifs is 2. The van der Waals surface area contributed by atoms with Crippen molar-refractivity contribution in [2.45, 2.75) is 42.2 Å². The molecule has 0 radical (unpaired) electrons. The number of sulfonamides is 1. The zero-order chi connectivity index (χ0) is 24.4. The van der Waals surface area contributed by atoms with Gasteiger partial charge in [-0.15, -0.1) is 0 Å². The second-order valence-electron chi connectivity index (χ2n) is 7.43. The summed E-state index contributed by atoms with van der Waals surface area (Å²) in [6.07, 6.45) is -1.53. The van der Waals surface area contributed by atoms with E-state index in [1.165, 1.54) is 4.31 Å². The molecule has 180 valence electrons. The molecule has 1 unspecified atom stereocenters. The van der Waals surface area contributed by atoms with Gasteiger partial charge in [0.1, 0.15) is 11.4 Å². The summed E-state index contributed by atoms with van der Waals surface area (Å²) >= 11 is 0. The predicted octanol–water partition coefficient (Wildman–Crippen LogP) is 1.08. The molecule has 2 aliphatic rings. The lowest BCUT2D eigenvalue weighted by atomic mass is 9.89. The fourth-order valence-electron chi connectivity index (χ4n) is 3.72. The summed E-state index contributed by atoms with van der Waals surface area (Å²) in [4.78, 5) is 25.2. The lowest BCUT2D eigenvalue weighted by Gasteiger charge is -2.44. The van der Waals surface area contributed by atoms with Crippen molar-refractivity contribution in [3.63, 3.8) is 0 Å². The van der Waals surface area contributed by atoms with Crippen molar-refractivity contribution in [3.8, 4) is 0 Å². The number of carboxylic acids is 1. The fraction of sp³-hybridized carbons (Fsp3) is 0.421. The van der Waals surface area contributed by atoms with Crippen molar-refractivity contribution in [1.82, 2.24) is 13.9 Å². The van der Waals surface area contributed by atoms with Crippen molar-refractivity contribution in [1.29, 1.82) is 0 Å². The molecule has 10 nitrogen and oxygen atoms in total. The smallest absolute Gasteiger partial charge is 0.475 e. The third kappa shape index (κ3) is 5.17. The van der Waals surface area contributed by atoms with Gasteiger partial charge in [0.05, 0.1) is 11.4 Å². The molecule has 1 saturated heterocycles. The minimum atomic E-state index is -5.08. The van der Waals surface area contributed by atoms with Gasteiger partial charge in [0.15, 0.2) is 6.10 Å². The van der Waals surface area contributed by atoms with Crippen LogP contribution in [0.1, 0.15) is 18.7 Å². The van der Waals surface area contributed by atoms with E-state index in [0.29, 0.717) is 19.4 Å². The number of alkyl halides is 3. The highest BCUT2D eigenvalue weighted by molar-refractivity contribution is 7.89. The number of aliphatic carboxylic acids is 1. The number of aromatic nitrogens is 2. The number of nitrogens with zero attached hydrogens (tertiary/aromatic N) is 3. The van der Waals surface area contributed by atoms with Gasteiger partial charge in [-0.3, -0.25) is 4.79 Å². The second kappa shape index (κ2) is 9.11. The Balaban J connectivity index is 0.000000383. The van der Waals surface area contributed by atoms with Crippen molar-refractivity contribution in [2.75, 3.05) is 13.1 Å². The van der Waals surface area contributed by atoms with E-state index < -0.39 is 39.8 Å². The molecular formula is C19H21F3N4O6S. The van der Waals surface area contributed by atoms with Crippen LogP contribution in [0.4, 0.5) is 13.2 Å².